The Balaban J connectivity index is 1.66. The SMILES string of the molecule is Cc1nnc(SCc2c(C(=O)Nc3ccc(Cl)cc3F)oc3ccccc23)s1. The minimum Gasteiger partial charge on any atom is -0.451 e. The molecule has 0 saturated carbocycles. The highest BCUT2D eigenvalue weighted by Gasteiger charge is 2.22. The van der Waals surface area contributed by atoms with Gasteiger partial charge in [0.2, 0.25) is 0 Å². The van der Waals surface area contributed by atoms with Crippen molar-refractivity contribution in [3.8, 4) is 0 Å². The number of benzene rings is 2. The summed E-state index contributed by atoms with van der Waals surface area (Å²) in [5.74, 6) is -0.528. The van der Waals surface area contributed by atoms with Crippen LogP contribution in [0.3, 0.4) is 0 Å². The van der Waals surface area contributed by atoms with Crippen LogP contribution in [-0.2, 0) is 5.75 Å². The second-order valence-corrected chi connectivity index (χ2v) is 8.70. The first-order valence-corrected chi connectivity index (χ1v) is 10.4. The molecule has 28 heavy (non-hydrogen) atoms. The van der Waals surface area contributed by atoms with Gasteiger partial charge in [-0.15, -0.1) is 10.2 Å². The fraction of sp³-hybridized carbons (Fsp3) is 0.105. The number of carbonyl (C=O) groups is 1. The molecule has 0 aliphatic rings. The summed E-state index contributed by atoms with van der Waals surface area (Å²) in [5, 5.41) is 12.6. The zero-order chi connectivity index (χ0) is 19.7. The number of hydrogen-bond donors (Lipinski definition) is 1. The Morgan fingerprint density at radius 1 is 1.29 bits per heavy atom. The first-order chi connectivity index (χ1) is 13.5. The minimum atomic E-state index is -0.614. The Bertz CT molecular complexity index is 1180. The van der Waals surface area contributed by atoms with Crippen molar-refractivity contribution >= 4 is 57.3 Å². The van der Waals surface area contributed by atoms with Gasteiger partial charge >= 0.3 is 0 Å². The van der Waals surface area contributed by atoms with Crippen molar-refractivity contribution in [3.05, 3.63) is 69.6 Å². The van der Waals surface area contributed by atoms with Gasteiger partial charge in [0, 0.05) is 21.7 Å². The van der Waals surface area contributed by atoms with Crippen LogP contribution in [0.5, 0.6) is 0 Å². The van der Waals surface area contributed by atoms with E-state index in [1.54, 1.807) is 6.07 Å². The van der Waals surface area contributed by atoms with Gasteiger partial charge in [-0.2, -0.15) is 0 Å². The largest absolute Gasteiger partial charge is 0.451 e. The van der Waals surface area contributed by atoms with Crippen LogP contribution in [0.1, 0.15) is 21.1 Å². The number of nitrogens with one attached hydrogen (secondary N) is 1. The van der Waals surface area contributed by atoms with E-state index in [1.165, 1.54) is 35.2 Å². The molecular weight excluding hydrogens is 421 g/mol. The molecule has 2 heterocycles. The third kappa shape index (κ3) is 3.89. The van der Waals surface area contributed by atoms with E-state index in [0.717, 1.165) is 26.4 Å². The fourth-order valence-corrected chi connectivity index (χ4v) is 4.67. The standard InChI is InChI=1S/C19H13ClFN3O2S2/c1-10-23-24-19(28-10)27-9-13-12-4-2-3-5-16(12)26-17(13)18(25)22-15-7-6-11(20)8-14(15)21/h2-8H,9H2,1H3,(H,22,25). The van der Waals surface area contributed by atoms with E-state index in [-0.39, 0.29) is 16.5 Å². The smallest absolute Gasteiger partial charge is 0.291 e. The highest BCUT2D eigenvalue weighted by molar-refractivity contribution is 8.00. The average molecular weight is 434 g/mol. The van der Waals surface area contributed by atoms with Crippen LogP contribution in [0.15, 0.2) is 51.2 Å². The van der Waals surface area contributed by atoms with Crippen LogP contribution in [0.4, 0.5) is 10.1 Å². The number of anilines is 1. The first-order valence-electron chi connectivity index (χ1n) is 8.21. The van der Waals surface area contributed by atoms with E-state index in [4.69, 9.17) is 16.0 Å². The molecule has 2 aromatic carbocycles. The number of carbonyl (C=O) groups excluding carboxylic acids is 1. The molecule has 0 unspecified atom stereocenters. The fourth-order valence-electron chi connectivity index (χ4n) is 2.67. The van der Waals surface area contributed by atoms with Gasteiger partial charge in [-0.25, -0.2) is 4.39 Å². The highest BCUT2D eigenvalue weighted by atomic mass is 35.5. The third-order valence-electron chi connectivity index (χ3n) is 3.93. The number of fused-ring (bicyclic) bond motifs is 1. The number of halogens is 2. The maximum Gasteiger partial charge on any atom is 0.291 e. The lowest BCUT2D eigenvalue weighted by atomic mass is 10.1. The molecule has 2 aromatic heterocycles. The summed E-state index contributed by atoms with van der Waals surface area (Å²) in [5.41, 5.74) is 1.35. The van der Waals surface area contributed by atoms with Gasteiger partial charge in [-0.1, -0.05) is 52.9 Å². The number of para-hydroxylation sites is 1. The van der Waals surface area contributed by atoms with Crippen molar-refractivity contribution in [3.63, 3.8) is 0 Å². The van der Waals surface area contributed by atoms with Crippen molar-refractivity contribution in [2.75, 3.05) is 5.32 Å². The second kappa shape index (κ2) is 7.90. The van der Waals surface area contributed by atoms with Crippen LogP contribution in [0.25, 0.3) is 11.0 Å². The van der Waals surface area contributed by atoms with E-state index in [2.05, 4.69) is 15.5 Å². The van der Waals surface area contributed by atoms with Crippen LogP contribution in [0.2, 0.25) is 5.02 Å². The molecule has 0 spiro atoms. The van der Waals surface area contributed by atoms with Gasteiger partial charge in [-0.3, -0.25) is 4.79 Å². The molecule has 0 aliphatic carbocycles. The van der Waals surface area contributed by atoms with Crippen molar-refractivity contribution in [2.24, 2.45) is 0 Å². The molecule has 0 saturated heterocycles. The summed E-state index contributed by atoms with van der Waals surface area (Å²) < 4.78 is 20.6. The number of hydrogen-bond acceptors (Lipinski definition) is 6. The van der Waals surface area contributed by atoms with Crippen molar-refractivity contribution < 1.29 is 13.6 Å². The van der Waals surface area contributed by atoms with Crippen LogP contribution in [0, 0.1) is 12.7 Å². The molecule has 1 amide bonds. The Hall–Kier alpha value is -2.42. The van der Waals surface area contributed by atoms with Gasteiger partial charge in [0.15, 0.2) is 10.1 Å². The monoisotopic (exact) mass is 433 g/mol. The predicted octanol–water partition coefficient (Wildman–Crippen LogP) is 5.93. The molecule has 0 fully saturated rings. The quantitative estimate of drug-likeness (QED) is 0.395. The lowest BCUT2D eigenvalue weighted by Crippen LogP contribution is -2.13. The van der Waals surface area contributed by atoms with E-state index < -0.39 is 11.7 Å². The van der Waals surface area contributed by atoms with E-state index >= 15 is 0 Å². The van der Waals surface area contributed by atoms with Crippen LogP contribution >= 0.6 is 34.7 Å². The summed E-state index contributed by atoms with van der Waals surface area (Å²) in [7, 11) is 0. The lowest BCUT2D eigenvalue weighted by Gasteiger charge is -2.06. The van der Waals surface area contributed by atoms with Gasteiger partial charge in [0.05, 0.1) is 5.69 Å². The maximum atomic E-state index is 14.1. The Kier molecular flexibility index (Phi) is 5.34. The number of furan rings is 1. The summed E-state index contributed by atoms with van der Waals surface area (Å²) in [6.45, 7) is 1.88. The normalized spacial score (nSPS) is 11.1. The molecule has 4 aromatic rings. The Morgan fingerprint density at radius 3 is 2.86 bits per heavy atom. The van der Waals surface area contributed by atoms with Gasteiger partial charge < -0.3 is 9.73 Å². The highest BCUT2D eigenvalue weighted by Crippen LogP contribution is 2.33. The second-order valence-electron chi connectivity index (χ2n) is 5.86. The van der Waals surface area contributed by atoms with E-state index in [1.807, 2.05) is 25.1 Å². The van der Waals surface area contributed by atoms with Crippen molar-refractivity contribution in [1.29, 1.82) is 0 Å². The molecule has 142 valence electrons. The number of nitrogens with zero attached hydrogens (tertiary/aromatic N) is 2. The number of aromatic nitrogens is 2. The topological polar surface area (TPSA) is 68.0 Å². The third-order valence-corrected chi connectivity index (χ3v) is 6.16. The molecule has 0 radical (unpaired) electrons. The zero-order valence-corrected chi connectivity index (χ0v) is 16.9. The summed E-state index contributed by atoms with van der Waals surface area (Å²) in [6.07, 6.45) is 0. The number of rotatable bonds is 5. The lowest BCUT2D eigenvalue weighted by molar-refractivity contribution is 0.0997. The van der Waals surface area contributed by atoms with E-state index in [9.17, 15) is 9.18 Å². The first kappa shape index (κ1) is 18.9. The number of aryl methyl sites for hydroxylation is 1. The molecular formula is C19H13ClFN3O2S2. The van der Waals surface area contributed by atoms with Gasteiger partial charge in [-0.05, 0) is 31.2 Å². The predicted molar refractivity (Wildman–Crippen MR) is 110 cm³/mol. The average Bonchev–Trinajstić information content (AvgIpc) is 3.25. The van der Waals surface area contributed by atoms with Crippen LogP contribution < -0.4 is 5.32 Å². The molecule has 5 nitrogen and oxygen atoms in total. The number of amides is 1. The summed E-state index contributed by atoms with van der Waals surface area (Å²) >= 11 is 8.72. The van der Waals surface area contributed by atoms with Crippen LogP contribution in [-0.4, -0.2) is 16.1 Å². The molecule has 1 N–H and O–H groups in total. The van der Waals surface area contributed by atoms with Gasteiger partial charge in [0.1, 0.15) is 16.4 Å². The van der Waals surface area contributed by atoms with E-state index in [0.29, 0.717) is 11.3 Å². The molecule has 0 bridgehead atoms. The minimum absolute atomic E-state index is 0.0354. The van der Waals surface area contributed by atoms with Crippen molar-refractivity contribution in [2.45, 2.75) is 17.0 Å². The Morgan fingerprint density at radius 2 is 2.11 bits per heavy atom. The van der Waals surface area contributed by atoms with Crippen molar-refractivity contribution in [1.82, 2.24) is 10.2 Å². The van der Waals surface area contributed by atoms with Gasteiger partial charge in [0.25, 0.3) is 5.91 Å². The summed E-state index contributed by atoms with van der Waals surface area (Å²) in [6, 6.07) is 11.4. The molecule has 4 rings (SSSR count). The molecule has 0 atom stereocenters. The summed E-state index contributed by atoms with van der Waals surface area (Å²) in [4.78, 5) is 12.8. The molecule has 0 aliphatic heterocycles. The zero-order valence-electron chi connectivity index (χ0n) is 14.5. The number of thioether (sulfide) groups is 1. The Labute approximate surface area is 172 Å². The maximum absolute atomic E-state index is 14.1. The molecule has 9 heteroatoms.